The number of carbonyl (C=O) groups excluding carboxylic acids is 7. The lowest BCUT2D eigenvalue weighted by atomic mass is 9.72. The predicted octanol–water partition coefficient (Wildman–Crippen LogP) is 20.3. The Balaban J connectivity index is 0.000000194. The molecule has 14 aliphatic heterocycles. The van der Waals surface area contributed by atoms with Crippen molar-refractivity contribution >= 4 is 42.7 Å². The molecule has 0 N–H and O–H groups in total. The lowest BCUT2D eigenvalue weighted by Gasteiger charge is -2.57. The average Bonchev–Trinajstić information content (AvgIpc) is 1.75. The monoisotopic (exact) mass is 1910 g/mol. The smallest absolute Gasteiger partial charge is 0.410 e. The van der Waals surface area contributed by atoms with Crippen LogP contribution in [0.2, 0.25) is 0 Å². The topological polar surface area (TPSA) is 229 Å². The first-order chi connectivity index (χ1) is 62.4. The third kappa shape index (κ3) is 33.6. The average molecular weight is 1910 g/mol. The van der Waals surface area contributed by atoms with Crippen molar-refractivity contribution in [2.45, 2.75) is 456 Å². The second kappa shape index (κ2) is 47.2. The van der Waals surface area contributed by atoms with Gasteiger partial charge in [-0.3, -0.25) is 9.80 Å². The van der Waals surface area contributed by atoms with Gasteiger partial charge in [-0.15, -0.1) is 0 Å². The Morgan fingerprint density at radius 2 is 0.437 bits per heavy atom. The Morgan fingerprint density at radius 1 is 0.215 bits per heavy atom. The van der Waals surface area contributed by atoms with Crippen LogP contribution in [0.5, 0.6) is 0 Å². The van der Waals surface area contributed by atoms with Crippen LogP contribution in [-0.4, -0.2) is 374 Å². The van der Waals surface area contributed by atoms with Gasteiger partial charge in [0.05, 0.1) is 17.7 Å². The lowest BCUT2D eigenvalue weighted by Crippen LogP contribution is -2.69. The maximum Gasteiger partial charge on any atom is 0.410 e. The molecule has 0 saturated carbocycles. The van der Waals surface area contributed by atoms with Crippen molar-refractivity contribution in [2.24, 2.45) is 21.7 Å². The summed E-state index contributed by atoms with van der Waals surface area (Å²) in [6.07, 6.45) is 23.5. The van der Waals surface area contributed by atoms with Crippen molar-refractivity contribution in [2.75, 3.05) is 170 Å². The molecule has 782 valence electrons. The van der Waals surface area contributed by atoms with E-state index in [4.69, 9.17) is 33.2 Å². The Kier molecular flexibility index (Phi) is 40.2. The van der Waals surface area contributed by atoms with Gasteiger partial charge in [0.2, 0.25) is 0 Å². The summed E-state index contributed by atoms with van der Waals surface area (Å²) in [5, 5.41) is 0. The summed E-state index contributed by atoms with van der Waals surface area (Å²) >= 11 is 0. The number of amides is 7. The Labute approximate surface area is 821 Å². The number of carbonyl (C=O) groups is 7. The molecular formula is C107H200N14O14. The normalized spacial score (nSPS) is 25.8. The van der Waals surface area contributed by atoms with Crippen LogP contribution < -0.4 is 0 Å². The molecule has 3 unspecified atom stereocenters. The molecule has 0 aromatic rings. The Morgan fingerprint density at radius 3 is 0.756 bits per heavy atom. The molecule has 28 nitrogen and oxygen atoms in total. The summed E-state index contributed by atoms with van der Waals surface area (Å²) in [4.78, 5) is 116. The summed E-state index contributed by atoms with van der Waals surface area (Å²) in [6, 6.07) is 4.22. The molecule has 14 fully saturated rings. The van der Waals surface area contributed by atoms with Gasteiger partial charge in [-0.25, -0.2) is 33.6 Å². The largest absolute Gasteiger partial charge is 0.450 e. The molecule has 7 amide bonds. The van der Waals surface area contributed by atoms with Gasteiger partial charge in [-0.2, -0.15) is 0 Å². The van der Waals surface area contributed by atoms with Gasteiger partial charge >= 0.3 is 42.7 Å². The van der Waals surface area contributed by atoms with Gasteiger partial charge in [0.1, 0.15) is 33.6 Å². The second-order valence-electron chi connectivity index (χ2n) is 51.2. The number of piperidine rings is 7. The van der Waals surface area contributed by atoms with Crippen molar-refractivity contribution in [1.29, 1.82) is 0 Å². The third-order valence-electron chi connectivity index (χ3n) is 31.1. The van der Waals surface area contributed by atoms with Gasteiger partial charge in [0.15, 0.2) is 0 Å². The number of hydrogen-bond acceptors (Lipinski definition) is 21. The Hall–Kier alpha value is -5.39. The molecule has 0 aromatic heterocycles. The number of nitrogens with zero attached hydrogens (tertiary/aromatic N) is 14. The molecular weight excluding hydrogens is 1710 g/mol. The van der Waals surface area contributed by atoms with E-state index in [1.54, 1.807) is 0 Å². The van der Waals surface area contributed by atoms with E-state index in [0.29, 0.717) is 70.6 Å². The molecule has 14 aliphatic rings. The van der Waals surface area contributed by atoms with Gasteiger partial charge in [-0.05, 0) is 428 Å². The van der Waals surface area contributed by atoms with Gasteiger partial charge < -0.3 is 92.0 Å². The third-order valence-corrected chi connectivity index (χ3v) is 31.1. The summed E-state index contributed by atoms with van der Waals surface area (Å²) in [6.45, 7) is 94.0. The maximum atomic E-state index is 12.5. The van der Waals surface area contributed by atoms with Crippen LogP contribution in [0.1, 0.15) is 363 Å². The van der Waals surface area contributed by atoms with Crippen LogP contribution in [0.25, 0.3) is 0 Å². The zero-order valence-electron chi connectivity index (χ0n) is 92.3. The van der Waals surface area contributed by atoms with Crippen molar-refractivity contribution in [3.05, 3.63) is 0 Å². The van der Waals surface area contributed by atoms with Gasteiger partial charge in [0, 0.05) is 169 Å². The first-order valence-electron chi connectivity index (χ1n) is 53.4. The predicted molar refractivity (Wildman–Crippen MR) is 543 cm³/mol. The minimum atomic E-state index is -0.409. The van der Waals surface area contributed by atoms with Crippen LogP contribution in [0.15, 0.2) is 0 Å². The van der Waals surface area contributed by atoms with Crippen LogP contribution in [0.3, 0.4) is 0 Å². The number of hydrogen-bond donors (Lipinski definition) is 0. The van der Waals surface area contributed by atoms with Crippen LogP contribution in [0.4, 0.5) is 33.6 Å². The fourth-order valence-corrected chi connectivity index (χ4v) is 23.0. The summed E-state index contributed by atoms with van der Waals surface area (Å²) in [7, 11) is 0. The van der Waals surface area contributed by atoms with Crippen LogP contribution in [0, 0.1) is 21.7 Å². The molecule has 0 aliphatic carbocycles. The molecule has 135 heavy (non-hydrogen) atoms. The zero-order chi connectivity index (χ0) is 101. The highest BCUT2D eigenvalue weighted by Gasteiger charge is 2.55. The standard InChI is InChI=1S/4C16H30N2O2.2C15H28N2O2.C13H24N2O2/c1-13(2)17-9-6-16(7-10-17)8-11-18(12-16)14(19)20-15(3,4)5;1-13(2)17-10-6-8-16(12-17)9-7-11-18(16)14(19)20-15(3,4)5;1-13(2)17-11-8-16(9-12-17)7-6-10-18(16)14(19)20-15(3,4)5;1-13(2)17-9-6-7-16(11-17)8-10-18(12-16)14(19)20-15(3,4)5;1-12(2)16-8-6-15(7-9-16)10-17(11-15)13(18)19-14(3,4)5;1-12(2)16-9-6-7-15(11-16)8-10-17(15)13(18)19-14(3,4)5;1-4-17-12(16)15-9-13(10-15)5-7-14(8-6-13)11(2)3/h4*13H,6-12H2,1-5H3;2*12H,6-11H2,1-5H3;11H,4-10H2,1-3H3. The minimum absolute atomic E-state index is 0.0187. The van der Waals surface area contributed by atoms with E-state index >= 15 is 0 Å². The molecule has 7 spiro atoms. The van der Waals surface area contributed by atoms with E-state index in [1.807, 2.05) is 166 Å². The van der Waals surface area contributed by atoms with Crippen molar-refractivity contribution in [1.82, 2.24) is 68.6 Å². The summed E-state index contributed by atoms with van der Waals surface area (Å²) in [5.41, 5.74) is -0.837. The van der Waals surface area contributed by atoms with E-state index < -0.39 is 28.0 Å². The molecule has 14 heterocycles. The van der Waals surface area contributed by atoms with E-state index in [9.17, 15) is 33.6 Å². The molecule has 0 bridgehead atoms. The summed E-state index contributed by atoms with van der Waals surface area (Å²) < 4.78 is 38.2. The molecule has 0 radical (unpaired) electrons. The second-order valence-corrected chi connectivity index (χ2v) is 51.2. The maximum absolute atomic E-state index is 12.5. The number of rotatable bonds is 8. The molecule has 14 saturated heterocycles. The number of ether oxygens (including phenoxy) is 7. The zero-order valence-corrected chi connectivity index (χ0v) is 92.3. The quantitative estimate of drug-likeness (QED) is 0.206. The highest BCUT2D eigenvalue weighted by atomic mass is 16.6. The highest BCUT2D eigenvalue weighted by Crippen LogP contribution is 2.48. The lowest BCUT2D eigenvalue weighted by molar-refractivity contribution is -0.0784. The number of likely N-dealkylation sites (tertiary alicyclic amines) is 14. The molecule has 14 rings (SSSR count). The fourth-order valence-electron chi connectivity index (χ4n) is 23.0. The summed E-state index contributed by atoms with van der Waals surface area (Å²) in [5.74, 6) is 0. The highest BCUT2D eigenvalue weighted by molar-refractivity contribution is 5.73. The minimum Gasteiger partial charge on any atom is -0.450 e. The molecule has 28 heteroatoms. The van der Waals surface area contributed by atoms with Crippen molar-refractivity contribution in [3.8, 4) is 0 Å². The van der Waals surface area contributed by atoms with Crippen LogP contribution in [-0.2, 0) is 33.2 Å². The fraction of sp³-hybridized carbons (Fsp3) is 0.935. The van der Waals surface area contributed by atoms with E-state index in [0.717, 1.165) is 188 Å². The van der Waals surface area contributed by atoms with Gasteiger partial charge in [0.25, 0.3) is 0 Å². The van der Waals surface area contributed by atoms with E-state index in [-0.39, 0.29) is 64.9 Å². The van der Waals surface area contributed by atoms with E-state index in [2.05, 4.69) is 131 Å². The van der Waals surface area contributed by atoms with Crippen molar-refractivity contribution < 1.29 is 66.7 Å². The SMILES string of the molecule is CC(C)N1CCC2(CC1)CN(C(=O)OC(C)(C)C)C2.CC(C)N1CCC2(CCCN2C(=O)OC(C)(C)C)CC1.CC(C)N1CCC2(CCN(C(=O)OC(C)(C)C)C2)CC1.CC(C)N1CCCC2(CCCN2C(=O)OC(C)(C)C)C1.CC(C)N1CCCC2(CCN(C(=O)OC(C)(C)C)C2)C1.CC(C)N1CCCC2(CCN2C(=O)OC(C)(C)C)C1.CCOC(=O)N1CC2(CCN(C(C)C)CC2)C1. The molecule has 0 aromatic carbocycles. The van der Waals surface area contributed by atoms with Crippen molar-refractivity contribution in [3.63, 3.8) is 0 Å². The Bertz CT molecular complexity index is 3710. The first-order valence-corrected chi connectivity index (χ1v) is 53.4. The van der Waals surface area contributed by atoms with Gasteiger partial charge in [-0.1, -0.05) is 0 Å². The molecule has 3 atom stereocenters. The first kappa shape index (κ1) is 115. The van der Waals surface area contributed by atoms with Crippen LogP contribution >= 0.6 is 0 Å². The van der Waals surface area contributed by atoms with E-state index in [1.165, 1.54) is 110 Å².